The maximum atomic E-state index is 10.8. The molecule has 17 heavy (non-hydrogen) atoms. The van der Waals surface area contributed by atoms with Crippen LogP contribution < -0.4 is 4.90 Å². The molecule has 0 bridgehead atoms. The lowest BCUT2D eigenvalue weighted by molar-refractivity contribution is -0.142. The Morgan fingerprint density at radius 3 is 2.82 bits per heavy atom. The Balaban J connectivity index is 2.05. The standard InChI is InChI=1S/C11H12N4O2/c12-7-9-1-4-13-11(14-9)15-5-2-8(3-6-15)10(16)17/h1,4,8H,2-3,5-6H2,(H,16,17). The topological polar surface area (TPSA) is 90.1 Å². The smallest absolute Gasteiger partial charge is 0.306 e. The average Bonchev–Trinajstić information content (AvgIpc) is 2.39. The lowest BCUT2D eigenvalue weighted by atomic mass is 9.97. The van der Waals surface area contributed by atoms with Crippen LogP contribution in [0.2, 0.25) is 0 Å². The molecule has 1 fully saturated rings. The summed E-state index contributed by atoms with van der Waals surface area (Å²) < 4.78 is 0. The van der Waals surface area contributed by atoms with E-state index in [1.165, 1.54) is 0 Å². The summed E-state index contributed by atoms with van der Waals surface area (Å²) in [5, 5.41) is 17.6. The second-order valence-electron chi connectivity index (χ2n) is 3.95. The fraction of sp³-hybridized carbons (Fsp3) is 0.455. The monoisotopic (exact) mass is 232 g/mol. The van der Waals surface area contributed by atoms with Crippen molar-refractivity contribution in [2.24, 2.45) is 5.92 Å². The van der Waals surface area contributed by atoms with E-state index in [-0.39, 0.29) is 5.92 Å². The average molecular weight is 232 g/mol. The molecule has 6 nitrogen and oxygen atoms in total. The molecule has 0 atom stereocenters. The van der Waals surface area contributed by atoms with Crippen molar-refractivity contribution >= 4 is 11.9 Å². The number of rotatable bonds is 2. The molecule has 6 heteroatoms. The Morgan fingerprint density at radius 2 is 2.24 bits per heavy atom. The van der Waals surface area contributed by atoms with Crippen molar-refractivity contribution in [3.05, 3.63) is 18.0 Å². The van der Waals surface area contributed by atoms with Gasteiger partial charge in [-0.3, -0.25) is 4.79 Å². The number of hydrogen-bond donors (Lipinski definition) is 1. The van der Waals surface area contributed by atoms with E-state index in [0.29, 0.717) is 37.6 Å². The first kappa shape index (κ1) is 11.3. The lowest BCUT2D eigenvalue weighted by Gasteiger charge is -2.29. The van der Waals surface area contributed by atoms with Gasteiger partial charge in [0.1, 0.15) is 11.8 Å². The number of aliphatic carboxylic acids is 1. The SMILES string of the molecule is N#Cc1ccnc(N2CCC(C(=O)O)CC2)n1. The molecule has 2 heterocycles. The summed E-state index contributed by atoms with van der Waals surface area (Å²) in [7, 11) is 0. The number of nitrogens with zero attached hydrogens (tertiary/aromatic N) is 4. The van der Waals surface area contributed by atoms with Crippen LogP contribution in [0.3, 0.4) is 0 Å². The van der Waals surface area contributed by atoms with Crippen LogP contribution in [0.15, 0.2) is 12.3 Å². The molecule has 0 amide bonds. The maximum absolute atomic E-state index is 10.8. The number of nitriles is 1. The third kappa shape index (κ3) is 2.50. The van der Waals surface area contributed by atoms with Crippen molar-refractivity contribution in [1.82, 2.24) is 9.97 Å². The van der Waals surface area contributed by atoms with Gasteiger partial charge in [0, 0.05) is 19.3 Å². The fourth-order valence-electron chi connectivity index (χ4n) is 1.89. The first-order valence-electron chi connectivity index (χ1n) is 5.41. The number of carboxylic acid groups (broad SMARTS) is 1. The maximum Gasteiger partial charge on any atom is 0.306 e. The Labute approximate surface area is 98.5 Å². The van der Waals surface area contributed by atoms with Crippen LogP contribution in [0, 0.1) is 17.2 Å². The summed E-state index contributed by atoms with van der Waals surface area (Å²) in [4.78, 5) is 20.9. The van der Waals surface area contributed by atoms with E-state index in [9.17, 15) is 4.79 Å². The fourth-order valence-corrected chi connectivity index (χ4v) is 1.89. The molecule has 88 valence electrons. The normalized spacial score (nSPS) is 16.5. The van der Waals surface area contributed by atoms with Gasteiger partial charge in [-0.2, -0.15) is 5.26 Å². The number of carbonyl (C=O) groups is 1. The highest BCUT2D eigenvalue weighted by atomic mass is 16.4. The summed E-state index contributed by atoms with van der Waals surface area (Å²) in [6, 6.07) is 3.51. The van der Waals surface area contributed by atoms with E-state index in [4.69, 9.17) is 10.4 Å². The minimum atomic E-state index is -0.739. The number of piperidine rings is 1. The van der Waals surface area contributed by atoms with Crippen molar-refractivity contribution in [3.8, 4) is 6.07 Å². The minimum absolute atomic E-state index is 0.273. The van der Waals surface area contributed by atoms with Gasteiger partial charge in [0.05, 0.1) is 5.92 Å². The van der Waals surface area contributed by atoms with Gasteiger partial charge < -0.3 is 10.0 Å². The third-order valence-corrected chi connectivity index (χ3v) is 2.88. The van der Waals surface area contributed by atoms with Crippen molar-refractivity contribution < 1.29 is 9.90 Å². The highest BCUT2D eigenvalue weighted by Crippen LogP contribution is 2.20. The quantitative estimate of drug-likeness (QED) is 0.805. The van der Waals surface area contributed by atoms with Crippen molar-refractivity contribution in [2.45, 2.75) is 12.8 Å². The van der Waals surface area contributed by atoms with Crippen LogP contribution >= 0.6 is 0 Å². The third-order valence-electron chi connectivity index (χ3n) is 2.88. The summed E-state index contributed by atoms with van der Waals surface area (Å²) in [6.45, 7) is 1.23. The highest BCUT2D eigenvalue weighted by Gasteiger charge is 2.25. The molecule has 0 radical (unpaired) electrons. The van der Waals surface area contributed by atoms with Crippen LogP contribution in [0.1, 0.15) is 18.5 Å². The van der Waals surface area contributed by atoms with Gasteiger partial charge >= 0.3 is 5.97 Å². The van der Waals surface area contributed by atoms with E-state index < -0.39 is 5.97 Å². The molecule has 1 aliphatic heterocycles. The molecule has 0 saturated carbocycles. The summed E-state index contributed by atoms with van der Waals surface area (Å²) in [5.41, 5.74) is 0.329. The Kier molecular flexibility index (Phi) is 3.19. The van der Waals surface area contributed by atoms with Gasteiger partial charge in [-0.15, -0.1) is 0 Å². The molecule has 0 aromatic carbocycles. The number of anilines is 1. The van der Waals surface area contributed by atoms with Gasteiger partial charge in [0.15, 0.2) is 0 Å². The van der Waals surface area contributed by atoms with Crippen molar-refractivity contribution in [2.75, 3.05) is 18.0 Å². The van der Waals surface area contributed by atoms with E-state index in [2.05, 4.69) is 9.97 Å². The van der Waals surface area contributed by atoms with Crippen LogP contribution in [-0.2, 0) is 4.79 Å². The Hall–Kier alpha value is -2.16. The molecule has 1 saturated heterocycles. The molecular weight excluding hydrogens is 220 g/mol. The van der Waals surface area contributed by atoms with E-state index >= 15 is 0 Å². The molecule has 1 aromatic heterocycles. The van der Waals surface area contributed by atoms with Crippen LogP contribution in [0.5, 0.6) is 0 Å². The highest BCUT2D eigenvalue weighted by molar-refractivity contribution is 5.70. The second-order valence-corrected chi connectivity index (χ2v) is 3.95. The second kappa shape index (κ2) is 4.78. The Morgan fingerprint density at radius 1 is 1.53 bits per heavy atom. The zero-order valence-electron chi connectivity index (χ0n) is 9.20. The van der Waals surface area contributed by atoms with E-state index in [1.54, 1.807) is 12.3 Å². The molecule has 0 unspecified atom stereocenters. The van der Waals surface area contributed by atoms with Crippen molar-refractivity contribution in [3.63, 3.8) is 0 Å². The van der Waals surface area contributed by atoms with Gasteiger partial charge in [-0.05, 0) is 18.9 Å². The molecular formula is C11H12N4O2. The number of carboxylic acids is 1. The van der Waals surface area contributed by atoms with Crippen LogP contribution in [0.4, 0.5) is 5.95 Å². The zero-order valence-corrected chi connectivity index (χ0v) is 9.20. The zero-order chi connectivity index (χ0) is 12.3. The summed E-state index contributed by atoms with van der Waals surface area (Å²) in [5.74, 6) is -0.505. The molecule has 0 spiro atoms. The van der Waals surface area contributed by atoms with Gasteiger partial charge in [-0.25, -0.2) is 9.97 Å². The van der Waals surface area contributed by atoms with E-state index in [0.717, 1.165) is 0 Å². The first-order valence-corrected chi connectivity index (χ1v) is 5.41. The Bertz CT molecular complexity index is 461. The van der Waals surface area contributed by atoms with Crippen LogP contribution in [0.25, 0.3) is 0 Å². The molecule has 1 aromatic rings. The summed E-state index contributed by atoms with van der Waals surface area (Å²) >= 11 is 0. The number of hydrogen-bond acceptors (Lipinski definition) is 5. The number of aromatic nitrogens is 2. The van der Waals surface area contributed by atoms with Gasteiger partial charge in [0.2, 0.25) is 5.95 Å². The molecule has 2 rings (SSSR count). The molecule has 1 aliphatic rings. The summed E-state index contributed by atoms with van der Waals surface area (Å²) in [6.07, 6.45) is 2.73. The lowest BCUT2D eigenvalue weighted by Crippen LogP contribution is -2.37. The molecule has 0 aliphatic carbocycles. The van der Waals surface area contributed by atoms with Gasteiger partial charge in [0.25, 0.3) is 0 Å². The van der Waals surface area contributed by atoms with Gasteiger partial charge in [-0.1, -0.05) is 0 Å². The molecule has 1 N–H and O–H groups in total. The first-order chi connectivity index (χ1) is 8.20. The predicted molar refractivity (Wildman–Crippen MR) is 59.3 cm³/mol. The van der Waals surface area contributed by atoms with Crippen molar-refractivity contribution in [1.29, 1.82) is 5.26 Å². The van der Waals surface area contributed by atoms with Crippen LogP contribution in [-0.4, -0.2) is 34.1 Å². The van der Waals surface area contributed by atoms with E-state index in [1.807, 2.05) is 11.0 Å². The minimum Gasteiger partial charge on any atom is -0.481 e. The predicted octanol–water partition coefficient (Wildman–Crippen LogP) is 0.649. The largest absolute Gasteiger partial charge is 0.481 e.